The van der Waals surface area contributed by atoms with Gasteiger partial charge in [0, 0.05) is 6.07 Å². The second kappa shape index (κ2) is 4.41. The van der Waals surface area contributed by atoms with Gasteiger partial charge in [0.1, 0.15) is 18.2 Å². The maximum absolute atomic E-state index is 5.69. The van der Waals surface area contributed by atoms with E-state index in [2.05, 4.69) is 22.3 Å². The van der Waals surface area contributed by atoms with Gasteiger partial charge in [-0.3, -0.25) is 5.10 Å². The summed E-state index contributed by atoms with van der Waals surface area (Å²) in [6.45, 7) is 0.433. The normalized spacial score (nSPS) is 10.7. The van der Waals surface area contributed by atoms with Crippen LogP contribution in [0.15, 0.2) is 48.5 Å². The van der Waals surface area contributed by atoms with Crippen LogP contribution in [-0.2, 0) is 6.61 Å². The molecule has 0 fully saturated rings. The van der Waals surface area contributed by atoms with Crippen LogP contribution < -0.4 is 10.5 Å². The summed E-state index contributed by atoms with van der Waals surface area (Å²) in [4.78, 5) is 0. The van der Waals surface area contributed by atoms with E-state index >= 15 is 0 Å². The summed E-state index contributed by atoms with van der Waals surface area (Å²) in [7, 11) is 0. The number of hydrogen-bond donors (Lipinski definition) is 2. The van der Waals surface area contributed by atoms with Crippen molar-refractivity contribution in [3.8, 4) is 5.75 Å². The number of fused-ring (bicyclic) bond motifs is 1. The Balaban J connectivity index is 1.78. The van der Waals surface area contributed by atoms with Crippen molar-refractivity contribution in [3.05, 3.63) is 54.2 Å². The monoisotopic (exact) mass is 239 g/mol. The molecule has 0 unspecified atom stereocenters. The van der Waals surface area contributed by atoms with E-state index in [9.17, 15) is 0 Å². The molecule has 0 aliphatic carbocycles. The average molecular weight is 239 g/mol. The summed E-state index contributed by atoms with van der Waals surface area (Å²) < 4.78 is 5.69. The summed E-state index contributed by atoms with van der Waals surface area (Å²) in [5.41, 5.74) is 6.39. The average Bonchev–Trinajstić information content (AvgIpc) is 2.82. The number of nitrogens with one attached hydrogen (secondary N) is 1. The molecule has 3 aromatic rings. The quantitative estimate of drug-likeness (QED) is 0.738. The topological polar surface area (TPSA) is 63.9 Å². The number of ether oxygens (including phenoxy) is 1. The van der Waals surface area contributed by atoms with E-state index in [0.717, 1.165) is 11.4 Å². The van der Waals surface area contributed by atoms with Gasteiger partial charge in [0.05, 0.1) is 5.69 Å². The van der Waals surface area contributed by atoms with Crippen molar-refractivity contribution < 1.29 is 4.74 Å². The van der Waals surface area contributed by atoms with Gasteiger partial charge < -0.3 is 10.5 Å². The third kappa shape index (κ3) is 2.13. The third-order valence-electron chi connectivity index (χ3n) is 2.77. The van der Waals surface area contributed by atoms with E-state index in [1.807, 2.05) is 30.3 Å². The van der Waals surface area contributed by atoms with Gasteiger partial charge in [-0.25, -0.2) is 0 Å². The van der Waals surface area contributed by atoms with Crippen LogP contribution in [0.2, 0.25) is 0 Å². The highest BCUT2D eigenvalue weighted by Crippen LogP contribution is 2.21. The lowest BCUT2D eigenvalue weighted by Gasteiger charge is -2.05. The third-order valence-corrected chi connectivity index (χ3v) is 2.77. The molecule has 0 aliphatic heterocycles. The van der Waals surface area contributed by atoms with Crippen molar-refractivity contribution >= 4 is 16.6 Å². The van der Waals surface area contributed by atoms with Crippen molar-refractivity contribution in [1.82, 2.24) is 10.2 Å². The molecular formula is C14H13N3O. The van der Waals surface area contributed by atoms with Gasteiger partial charge in [0.2, 0.25) is 0 Å². The number of H-pyrrole nitrogens is 1. The van der Waals surface area contributed by atoms with Crippen molar-refractivity contribution in [1.29, 1.82) is 0 Å². The molecule has 1 heterocycles. The lowest BCUT2D eigenvalue weighted by atomic mass is 10.1. The molecule has 0 radical (unpaired) electrons. The van der Waals surface area contributed by atoms with E-state index in [1.54, 1.807) is 6.07 Å². The largest absolute Gasteiger partial charge is 0.487 e. The molecule has 0 saturated carbocycles. The summed E-state index contributed by atoms with van der Waals surface area (Å²) in [6.07, 6.45) is 0. The molecule has 0 amide bonds. The molecule has 3 rings (SSSR count). The van der Waals surface area contributed by atoms with E-state index in [-0.39, 0.29) is 0 Å². The predicted molar refractivity (Wildman–Crippen MR) is 71.3 cm³/mol. The predicted octanol–water partition coefficient (Wildman–Crippen LogP) is 2.72. The maximum atomic E-state index is 5.69. The maximum Gasteiger partial charge on any atom is 0.145 e. The Morgan fingerprint density at radius 2 is 1.89 bits per heavy atom. The minimum absolute atomic E-state index is 0.433. The molecule has 90 valence electrons. The van der Waals surface area contributed by atoms with Gasteiger partial charge >= 0.3 is 0 Å². The van der Waals surface area contributed by atoms with Crippen LogP contribution in [0.3, 0.4) is 0 Å². The molecule has 18 heavy (non-hydrogen) atoms. The van der Waals surface area contributed by atoms with E-state index in [1.165, 1.54) is 10.8 Å². The number of nitrogens with zero attached hydrogens (tertiary/aromatic N) is 1. The molecule has 4 nitrogen and oxygen atoms in total. The standard InChI is InChI=1S/C14H13N3O/c15-14-8-12(16-17-14)9-18-13-6-5-10-3-1-2-4-11(10)7-13/h1-8H,9H2,(H3,15,16,17). The minimum atomic E-state index is 0.433. The second-order valence-corrected chi connectivity index (χ2v) is 4.12. The zero-order chi connectivity index (χ0) is 12.4. The molecule has 0 saturated heterocycles. The van der Waals surface area contributed by atoms with Crippen LogP contribution >= 0.6 is 0 Å². The number of anilines is 1. The van der Waals surface area contributed by atoms with Gasteiger partial charge in [-0.2, -0.15) is 5.10 Å². The number of nitrogens with two attached hydrogens (primary N) is 1. The van der Waals surface area contributed by atoms with Crippen LogP contribution in [0.25, 0.3) is 10.8 Å². The Morgan fingerprint density at radius 3 is 2.67 bits per heavy atom. The molecule has 0 atom stereocenters. The zero-order valence-corrected chi connectivity index (χ0v) is 9.76. The second-order valence-electron chi connectivity index (χ2n) is 4.12. The van der Waals surface area contributed by atoms with Crippen LogP contribution in [0.5, 0.6) is 5.75 Å². The minimum Gasteiger partial charge on any atom is -0.487 e. The number of benzene rings is 2. The van der Waals surface area contributed by atoms with Crippen molar-refractivity contribution in [3.63, 3.8) is 0 Å². The fourth-order valence-corrected chi connectivity index (χ4v) is 1.87. The summed E-state index contributed by atoms with van der Waals surface area (Å²) >= 11 is 0. The molecule has 0 aliphatic rings. The zero-order valence-electron chi connectivity index (χ0n) is 9.76. The number of aromatic amines is 1. The highest BCUT2D eigenvalue weighted by atomic mass is 16.5. The van der Waals surface area contributed by atoms with E-state index in [0.29, 0.717) is 12.4 Å². The van der Waals surface area contributed by atoms with Crippen LogP contribution in [0.4, 0.5) is 5.82 Å². The van der Waals surface area contributed by atoms with Crippen molar-refractivity contribution in [2.75, 3.05) is 5.73 Å². The first kappa shape index (κ1) is 10.7. The SMILES string of the molecule is Nc1cc(COc2ccc3ccccc3c2)[nH]n1. The van der Waals surface area contributed by atoms with Gasteiger partial charge in [-0.05, 0) is 22.9 Å². The molecule has 3 N–H and O–H groups in total. The van der Waals surface area contributed by atoms with Gasteiger partial charge in [-0.15, -0.1) is 0 Å². The van der Waals surface area contributed by atoms with Crippen LogP contribution in [-0.4, -0.2) is 10.2 Å². The van der Waals surface area contributed by atoms with E-state index in [4.69, 9.17) is 10.5 Å². The lowest BCUT2D eigenvalue weighted by molar-refractivity contribution is 0.301. The van der Waals surface area contributed by atoms with Gasteiger partial charge in [0.15, 0.2) is 0 Å². The lowest BCUT2D eigenvalue weighted by Crippen LogP contribution is -1.95. The van der Waals surface area contributed by atoms with Crippen LogP contribution in [0.1, 0.15) is 5.69 Å². The number of aromatic nitrogens is 2. The molecule has 4 heteroatoms. The Hall–Kier alpha value is -2.49. The number of hydrogen-bond acceptors (Lipinski definition) is 3. The summed E-state index contributed by atoms with van der Waals surface area (Å²) in [6, 6.07) is 16.0. The van der Waals surface area contributed by atoms with Crippen molar-refractivity contribution in [2.24, 2.45) is 0 Å². The molecule has 1 aromatic heterocycles. The first-order valence-electron chi connectivity index (χ1n) is 5.72. The highest BCUT2D eigenvalue weighted by molar-refractivity contribution is 5.83. The van der Waals surface area contributed by atoms with Crippen molar-refractivity contribution in [2.45, 2.75) is 6.61 Å². The Labute approximate surface area is 104 Å². The number of rotatable bonds is 3. The molecule has 0 bridgehead atoms. The fourth-order valence-electron chi connectivity index (χ4n) is 1.87. The molecular weight excluding hydrogens is 226 g/mol. The van der Waals surface area contributed by atoms with Gasteiger partial charge in [0.25, 0.3) is 0 Å². The van der Waals surface area contributed by atoms with Gasteiger partial charge in [-0.1, -0.05) is 30.3 Å². The van der Waals surface area contributed by atoms with Crippen LogP contribution in [0, 0.1) is 0 Å². The Morgan fingerprint density at radius 1 is 1.06 bits per heavy atom. The first-order valence-corrected chi connectivity index (χ1v) is 5.72. The Bertz CT molecular complexity index is 675. The Kier molecular flexibility index (Phi) is 2.61. The molecule has 2 aromatic carbocycles. The summed E-state index contributed by atoms with van der Waals surface area (Å²) in [5, 5.41) is 9.03. The number of nitrogen functional groups attached to an aromatic ring is 1. The highest BCUT2D eigenvalue weighted by Gasteiger charge is 2.00. The molecule has 0 spiro atoms. The van der Waals surface area contributed by atoms with E-state index < -0.39 is 0 Å². The first-order chi connectivity index (χ1) is 8.81. The smallest absolute Gasteiger partial charge is 0.145 e. The fraction of sp³-hybridized carbons (Fsp3) is 0.0714. The summed E-state index contributed by atoms with van der Waals surface area (Å²) in [5.74, 6) is 1.31.